The third kappa shape index (κ3) is 9.84. The maximum absolute atomic E-state index is 5.28. The zero-order valence-electron chi connectivity index (χ0n) is 9.51. The largest absolute Gasteiger partial charge is 0.359 e. The van der Waals surface area contributed by atoms with Crippen LogP contribution in [0.2, 0.25) is 0 Å². The molecular weight excluding hydrogens is 164 g/mol. The van der Waals surface area contributed by atoms with Crippen LogP contribution in [0, 0.1) is 11.8 Å². The molecule has 2 heteroatoms. The van der Waals surface area contributed by atoms with E-state index in [4.69, 9.17) is 9.47 Å². The Morgan fingerprint density at radius 1 is 1.08 bits per heavy atom. The second-order valence-electron chi connectivity index (χ2n) is 4.21. The molecule has 0 heterocycles. The van der Waals surface area contributed by atoms with Crippen molar-refractivity contribution in [3.63, 3.8) is 0 Å². The third-order valence-electron chi connectivity index (χ3n) is 2.08. The smallest absolute Gasteiger partial charge is 0.146 e. The number of hydrogen-bond acceptors (Lipinski definition) is 2. The zero-order chi connectivity index (χ0) is 10.1. The van der Waals surface area contributed by atoms with Crippen LogP contribution in [-0.2, 0) is 9.47 Å². The highest BCUT2D eigenvalue weighted by atomic mass is 16.7. The van der Waals surface area contributed by atoms with E-state index in [2.05, 4.69) is 20.8 Å². The summed E-state index contributed by atoms with van der Waals surface area (Å²) in [6, 6.07) is 0. The molecule has 0 aromatic rings. The summed E-state index contributed by atoms with van der Waals surface area (Å²) in [6.07, 6.45) is 3.91. The van der Waals surface area contributed by atoms with E-state index in [1.165, 1.54) is 19.3 Å². The van der Waals surface area contributed by atoms with Crippen molar-refractivity contribution in [3.05, 3.63) is 0 Å². The van der Waals surface area contributed by atoms with Crippen LogP contribution >= 0.6 is 0 Å². The van der Waals surface area contributed by atoms with Crippen LogP contribution < -0.4 is 0 Å². The van der Waals surface area contributed by atoms with Gasteiger partial charge in [-0.1, -0.05) is 33.6 Å². The van der Waals surface area contributed by atoms with Crippen LogP contribution in [0.25, 0.3) is 0 Å². The lowest BCUT2D eigenvalue weighted by Crippen LogP contribution is -2.08. The van der Waals surface area contributed by atoms with E-state index >= 15 is 0 Å². The fraction of sp³-hybridized carbons (Fsp3) is 1.00. The standard InChI is InChI=1S/C11H24O2/c1-10(2)6-5-7-11(3)8-13-9-12-4/h10-11H,5-9H2,1-4H3/t11-/m1/s1. The molecule has 0 unspecified atom stereocenters. The molecule has 0 amide bonds. The second-order valence-corrected chi connectivity index (χ2v) is 4.21. The van der Waals surface area contributed by atoms with Crippen LogP contribution in [0.5, 0.6) is 0 Å². The monoisotopic (exact) mass is 188 g/mol. The average molecular weight is 188 g/mol. The summed E-state index contributed by atoms with van der Waals surface area (Å²) in [7, 11) is 1.66. The van der Waals surface area contributed by atoms with Crippen molar-refractivity contribution in [1.82, 2.24) is 0 Å². The summed E-state index contributed by atoms with van der Waals surface area (Å²) in [6.45, 7) is 8.02. The van der Waals surface area contributed by atoms with Crippen molar-refractivity contribution in [2.45, 2.75) is 40.0 Å². The van der Waals surface area contributed by atoms with E-state index in [1.807, 2.05) is 0 Å². The summed E-state index contributed by atoms with van der Waals surface area (Å²) < 4.78 is 10.1. The van der Waals surface area contributed by atoms with E-state index < -0.39 is 0 Å². The summed E-state index contributed by atoms with van der Waals surface area (Å²) in [5.74, 6) is 1.49. The number of hydrogen-bond donors (Lipinski definition) is 0. The molecule has 80 valence electrons. The highest BCUT2D eigenvalue weighted by Crippen LogP contribution is 2.12. The lowest BCUT2D eigenvalue weighted by molar-refractivity contribution is -0.0424. The number of methoxy groups -OCH3 is 1. The molecule has 0 aromatic carbocycles. The van der Waals surface area contributed by atoms with Crippen molar-refractivity contribution in [1.29, 1.82) is 0 Å². The van der Waals surface area contributed by atoms with Gasteiger partial charge >= 0.3 is 0 Å². The van der Waals surface area contributed by atoms with Crippen molar-refractivity contribution < 1.29 is 9.47 Å². The third-order valence-corrected chi connectivity index (χ3v) is 2.08. The molecule has 1 atom stereocenters. The summed E-state index contributed by atoms with van der Waals surface area (Å²) in [5, 5.41) is 0. The van der Waals surface area contributed by atoms with Gasteiger partial charge in [-0.2, -0.15) is 0 Å². The van der Waals surface area contributed by atoms with E-state index in [9.17, 15) is 0 Å². The highest BCUT2D eigenvalue weighted by molar-refractivity contribution is 4.53. The Hall–Kier alpha value is -0.0800. The van der Waals surface area contributed by atoms with Gasteiger partial charge in [-0.05, 0) is 18.3 Å². The molecule has 13 heavy (non-hydrogen) atoms. The molecule has 0 aromatic heterocycles. The van der Waals surface area contributed by atoms with Crippen molar-refractivity contribution in [2.24, 2.45) is 11.8 Å². The molecule has 0 bridgehead atoms. The fourth-order valence-electron chi connectivity index (χ4n) is 1.29. The maximum atomic E-state index is 5.28. The Bertz CT molecular complexity index is 102. The van der Waals surface area contributed by atoms with Crippen LogP contribution in [0.1, 0.15) is 40.0 Å². The molecule has 0 aliphatic carbocycles. The molecule has 0 aliphatic rings. The molecule has 0 N–H and O–H groups in total. The number of ether oxygens (including phenoxy) is 2. The van der Waals surface area contributed by atoms with Crippen LogP contribution in [0.15, 0.2) is 0 Å². The minimum atomic E-state index is 0.425. The zero-order valence-corrected chi connectivity index (χ0v) is 9.51. The quantitative estimate of drug-likeness (QED) is 0.430. The van der Waals surface area contributed by atoms with Crippen LogP contribution in [0.4, 0.5) is 0 Å². The normalized spacial score (nSPS) is 13.6. The highest BCUT2D eigenvalue weighted by Gasteiger charge is 2.02. The summed E-state index contributed by atoms with van der Waals surface area (Å²) in [4.78, 5) is 0. The molecule has 0 fully saturated rings. The van der Waals surface area contributed by atoms with Gasteiger partial charge in [-0.15, -0.1) is 0 Å². The molecule has 0 radical (unpaired) electrons. The van der Waals surface area contributed by atoms with Crippen LogP contribution in [-0.4, -0.2) is 20.5 Å². The predicted molar refractivity (Wildman–Crippen MR) is 55.7 cm³/mol. The second kappa shape index (κ2) is 8.52. The van der Waals surface area contributed by atoms with Gasteiger partial charge in [0.1, 0.15) is 6.79 Å². The SMILES string of the molecule is COCOC[C@H](C)CCCC(C)C. The average Bonchev–Trinajstić information content (AvgIpc) is 2.04. The first-order chi connectivity index (χ1) is 6.16. The fourth-order valence-corrected chi connectivity index (χ4v) is 1.29. The van der Waals surface area contributed by atoms with Gasteiger partial charge in [0.2, 0.25) is 0 Å². The van der Waals surface area contributed by atoms with E-state index in [0.717, 1.165) is 12.5 Å². The Morgan fingerprint density at radius 2 is 1.77 bits per heavy atom. The lowest BCUT2D eigenvalue weighted by atomic mass is 10.0. The lowest BCUT2D eigenvalue weighted by Gasteiger charge is -2.12. The van der Waals surface area contributed by atoms with Crippen LogP contribution in [0.3, 0.4) is 0 Å². The van der Waals surface area contributed by atoms with Gasteiger partial charge in [0.15, 0.2) is 0 Å². The van der Waals surface area contributed by atoms with Gasteiger partial charge < -0.3 is 9.47 Å². The molecule has 0 saturated heterocycles. The summed E-state index contributed by atoms with van der Waals surface area (Å²) >= 11 is 0. The van der Waals surface area contributed by atoms with Gasteiger partial charge in [-0.3, -0.25) is 0 Å². The Balaban J connectivity index is 3.15. The molecule has 0 rings (SSSR count). The van der Waals surface area contributed by atoms with Crippen molar-refractivity contribution in [3.8, 4) is 0 Å². The first-order valence-corrected chi connectivity index (χ1v) is 5.23. The molecule has 2 nitrogen and oxygen atoms in total. The van der Waals surface area contributed by atoms with Gasteiger partial charge in [0, 0.05) is 7.11 Å². The minimum Gasteiger partial charge on any atom is -0.359 e. The molecular formula is C11H24O2. The topological polar surface area (TPSA) is 18.5 Å². The van der Waals surface area contributed by atoms with Gasteiger partial charge in [-0.25, -0.2) is 0 Å². The predicted octanol–water partition coefficient (Wildman–Crippen LogP) is 3.07. The Morgan fingerprint density at radius 3 is 2.31 bits per heavy atom. The van der Waals surface area contributed by atoms with E-state index in [1.54, 1.807) is 7.11 Å². The van der Waals surface area contributed by atoms with E-state index in [-0.39, 0.29) is 0 Å². The Kier molecular flexibility index (Phi) is 8.46. The molecule has 0 aliphatic heterocycles. The molecule has 0 spiro atoms. The van der Waals surface area contributed by atoms with E-state index in [0.29, 0.717) is 12.7 Å². The number of rotatable bonds is 8. The first kappa shape index (κ1) is 12.9. The first-order valence-electron chi connectivity index (χ1n) is 5.23. The van der Waals surface area contributed by atoms with Crippen molar-refractivity contribution in [2.75, 3.05) is 20.5 Å². The minimum absolute atomic E-state index is 0.425. The Labute approximate surface area is 82.6 Å². The van der Waals surface area contributed by atoms with Gasteiger partial charge in [0.05, 0.1) is 6.61 Å². The maximum Gasteiger partial charge on any atom is 0.146 e. The van der Waals surface area contributed by atoms with Crippen molar-refractivity contribution >= 4 is 0 Å². The summed E-state index contributed by atoms with van der Waals surface area (Å²) in [5.41, 5.74) is 0. The molecule has 0 saturated carbocycles. The van der Waals surface area contributed by atoms with Gasteiger partial charge in [0.25, 0.3) is 0 Å².